The predicted octanol–water partition coefficient (Wildman–Crippen LogP) is 8.31. The molecule has 0 saturated heterocycles. The molecule has 1 aromatic carbocycles. The van der Waals surface area contributed by atoms with Crippen molar-refractivity contribution in [2.75, 3.05) is 5.32 Å². The van der Waals surface area contributed by atoms with Crippen molar-refractivity contribution in [3.05, 3.63) is 70.0 Å². The van der Waals surface area contributed by atoms with Crippen LogP contribution in [0.3, 0.4) is 0 Å². The quantitative estimate of drug-likeness (QED) is 0.482. The fourth-order valence-electron chi connectivity index (χ4n) is 7.66. The number of hydrogen-bond acceptors (Lipinski definition) is 1. The summed E-state index contributed by atoms with van der Waals surface area (Å²) in [6.45, 7) is 9.79. The summed E-state index contributed by atoms with van der Waals surface area (Å²) >= 11 is 0. The first-order chi connectivity index (χ1) is 14.9. The van der Waals surface area contributed by atoms with Crippen molar-refractivity contribution in [3.8, 4) is 0 Å². The highest BCUT2D eigenvalue weighted by Crippen LogP contribution is 2.59. The number of hydrogen-bond donors (Lipinski definition) is 1. The van der Waals surface area contributed by atoms with E-state index in [1.54, 1.807) is 22.3 Å². The first kappa shape index (κ1) is 19.6. The van der Waals surface area contributed by atoms with Gasteiger partial charge < -0.3 is 5.32 Å². The monoisotopic (exact) mass is 411 g/mol. The van der Waals surface area contributed by atoms with Gasteiger partial charge in [0.15, 0.2) is 0 Å². The molecule has 1 heteroatoms. The van der Waals surface area contributed by atoms with E-state index < -0.39 is 0 Å². The third-order valence-electron chi connectivity index (χ3n) is 9.24. The Hall–Kier alpha value is -2.02. The Morgan fingerprint density at radius 3 is 2.58 bits per heavy atom. The van der Waals surface area contributed by atoms with Gasteiger partial charge in [-0.1, -0.05) is 62.6 Å². The Morgan fingerprint density at radius 1 is 0.871 bits per heavy atom. The first-order valence-corrected chi connectivity index (χ1v) is 12.6. The van der Waals surface area contributed by atoms with Gasteiger partial charge in [0.1, 0.15) is 0 Å². The molecule has 2 atom stereocenters. The maximum absolute atomic E-state index is 3.81. The van der Waals surface area contributed by atoms with Crippen molar-refractivity contribution in [2.45, 2.75) is 84.5 Å². The second-order valence-corrected chi connectivity index (χ2v) is 11.6. The molecule has 5 aliphatic carbocycles. The van der Waals surface area contributed by atoms with Crippen LogP contribution in [-0.4, -0.2) is 0 Å². The highest BCUT2D eigenvalue weighted by atomic mass is 14.9. The molecule has 0 radical (unpaired) electrons. The van der Waals surface area contributed by atoms with Crippen LogP contribution in [0, 0.1) is 17.3 Å². The van der Waals surface area contributed by atoms with Crippen LogP contribution in [0.25, 0.3) is 5.57 Å². The van der Waals surface area contributed by atoms with Crippen molar-refractivity contribution in [3.63, 3.8) is 0 Å². The Bertz CT molecular complexity index is 1070. The summed E-state index contributed by atoms with van der Waals surface area (Å²) in [6.07, 6.45) is 18.0. The largest absolute Gasteiger partial charge is 0.356 e. The Labute approximate surface area is 188 Å². The van der Waals surface area contributed by atoms with Crippen LogP contribution in [-0.2, 0) is 5.41 Å². The lowest BCUT2D eigenvalue weighted by Gasteiger charge is -2.28. The maximum Gasteiger partial charge on any atom is 0.0387 e. The zero-order valence-electron chi connectivity index (χ0n) is 19.8. The van der Waals surface area contributed by atoms with Crippen LogP contribution in [0.1, 0.15) is 90.2 Å². The van der Waals surface area contributed by atoms with Crippen molar-refractivity contribution >= 4 is 11.3 Å². The van der Waals surface area contributed by atoms with Gasteiger partial charge in [-0.15, -0.1) is 0 Å². The second-order valence-electron chi connectivity index (χ2n) is 11.6. The number of fused-ring (bicyclic) bond motifs is 5. The van der Waals surface area contributed by atoms with Gasteiger partial charge in [0, 0.05) is 22.2 Å². The molecule has 6 rings (SSSR count). The van der Waals surface area contributed by atoms with Crippen LogP contribution in [0.5, 0.6) is 0 Å². The lowest BCUT2D eigenvalue weighted by Crippen LogP contribution is -2.18. The highest BCUT2D eigenvalue weighted by molar-refractivity contribution is 5.82. The van der Waals surface area contributed by atoms with Crippen LogP contribution in [0.4, 0.5) is 5.69 Å². The number of rotatable bonds is 2. The number of nitrogens with one attached hydrogen (secondary N) is 1. The average Bonchev–Trinajstić information content (AvgIpc) is 3.14. The minimum absolute atomic E-state index is 0.183. The minimum atomic E-state index is 0.183. The zero-order chi connectivity index (χ0) is 21.4. The first-order valence-electron chi connectivity index (χ1n) is 12.6. The van der Waals surface area contributed by atoms with Crippen LogP contribution in [0.15, 0.2) is 58.8 Å². The molecule has 0 amide bonds. The van der Waals surface area contributed by atoms with E-state index in [-0.39, 0.29) is 10.8 Å². The summed E-state index contributed by atoms with van der Waals surface area (Å²) in [5.41, 5.74) is 12.8. The summed E-state index contributed by atoms with van der Waals surface area (Å²) in [6, 6.07) is 7.15. The summed E-state index contributed by atoms with van der Waals surface area (Å²) < 4.78 is 0. The molecule has 1 nitrogen and oxygen atoms in total. The molecular formula is C30H37N. The molecule has 1 fully saturated rings. The van der Waals surface area contributed by atoms with Gasteiger partial charge >= 0.3 is 0 Å². The number of anilines is 1. The van der Waals surface area contributed by atoms with Crippen molar-refractivity contribution in [1.29, 1.82) is 0 Å². The minimum Gasteiger partial charge on any atom is -0.356 e. The average molecular weight is 412 g/mol. The molecule has 0 heterocycles. The van der Waals surface area contributed by atoms with E-state index in [1.165, 1.54) is 73.9 Å². The molecule has 1 N–H and O–H groups in total. The summed E-state index contributed by atoms with van der Waals surface area (Å²) in [5.74, 6) is 1.51. The van der Waals surface area contributed by atoms with E-state index in [4.69, 9.17) is 0 Å². The number of benzene rings is 1. The van der Waals surface area contributed by atoms with Crippen LogP contribution >= 0.6 is 0 Å². The van der Waals surface area contributed by atoms with Crippen LogP contribution in [0.2, 0.25) is 0 Å². The normalized spacial score (nSPS) is 29.9. The van der Waals surface area contributed by atoms with Crippen molar-refractivity contribution < 1.29 is 0 Å². The molecule has 0 spiro atoms. The predicted molar refractivity (Wildman–Crippen MR) is 132 cm³/mol. The van der Waals surface area contributed by atoms with Gasteiger partial charge in [-0.25, -0.2) is 0 Å². The molecule has 162 valence electrons. The van der Waals surface area contributed by atoms with Gasteiger partial charge in [0.25, 0.3) is 0 Å². The Balaban J connectivity index is 1.30. The van der Waals surface area contributed by atoms with E-state index >= 15 is 0 Å². The fourth-order valence-corrected chi connectivity index (χ4v) is 7.66. The Morgan fingerprint density at radius 2 is 1.71 bits per heavy atom. The Kier molecular flexibility index (Phi) is 4.27. The van der Waals surface area contributed by atoms with Crippen molar-refractivity contribution in [1.82, 2.24) is 0 Å². The van der Waals surface area contributed by atoms with Gasteiger partial charge in [0.05, 0.1) is 0 Å². The van der Waals surface area contributed by atoms with Gasteiger partial charge in [-0.3, -0.25) is 0 Å². The fraction of sp³-hybridized carbons (Fsp3) is 0.533. The van der Waals surface area contributed by atoms with Crippen molar-refractivity contribution in [2.24, 2.45) is 17.3 Å². The highest BCUT2D eigenvalue weighted by Gasteiger charge is 2.48. The lowest BCUT2D eigenvalue weighted by molar-refractivity contribution is 0.418. The van der Waals surface area contributed by atoms with Crippen LogP contribution < -0.4 is 5.32 Å². The summed E-state index contributed by atoms with van der Waals surface area (Å²) in [4.78, 5) is 0. The molecule has 1 aromatic rings. The lowest BCUT2D eigenvalue weighted by atomic mass is 9.77. The number of allylic oxidation sites excluding steroid dienone is 7. The van der Waals surface area contributed by atoms with E-state index in [9.17, 15) is 0 Å². The molecule has 1 saturated carbocycles. The third kappa shape index (κ3) is 2.81. The molecule has 5 aliphatic rings. The van der Waals surface area contributed by atoms with E-state index in [0.29, 0.717) is 0 Å². The third-order valence-corrected chi connectivity index (χ3v) is 9.24. The molecule has 0 aliphatic heterocycles. The SMILES string of the molecule is CC1(C)C2=CC(Nc3ccc4c(c3)C(C)(C)C3=C4CCCC3)=CCC2C2CCCC=C21. The summed E-state index contributed by atoms with van der Waals surface area (Å²) in [5, 5.41) is 3.81. The maximum atomic E-state index is 3.81. The molecule has 0 aromatic heterocycles. The van der Waals surface area contributed by atoms with Gasteiger partial charge in [-0.2, -0.15) is 0 Å². The van der Waals surface area contributed by atoms with Gasteiger partial charge in [-0.05, 0) is 98.1 Å². The van der Waals surface area contributed by atoms with E-state index in [2.05, 4.69) is 69.4 Å². The molecule has 0 bridgehead atoms. The standard InChI is InChI=1S/C30H37N/c1-29(2)25-11-7-5-9-21(25)23-15-13-19(17-27(23)29)31-20-14-16-24-22-10-6-8-12-26(22)30(3,4)28(24)18-20/h11,13-14,16-18,21,23,31H,5-10,12,15H2,1-4H3. The molecule has 2 unspecified atom stereocenters. The van der Waals surface area contributed by atoms with Gasteiger partial charge in [0.2, 0.25) is 0 Å². The second kappa shape index (κ2) is 6.74. The smallest absolute Gasteiger partial charge is 0.0387 e. The molecule has 31 heavy (non-hydrogen) atoms. The molecular weight excluding hydrogens is 374 g/mol. The summed E-state index contributed by atoms with van der Waals surface area (Å²) in [7, 11) is 0. The van der Waals surface area contributed by atoms with E-state index in [1.807, 2.05) is 0 Å². The topological polar surface area (TPSA) is 12.0 Å². The zero-order valence-corrected chi connectivity index (χ0v) is 19.8. The van der Waals surface area contributed by atoms with E-state index in [0.717, 1.165) is 11.8 Å².